The second-order valence-electron chi connectivity index (χ2n) is 6.36. The molecule has 0 aliphatic heterocycles. The van der Waals surface area contributed by atoms with E-state index >= 15 is 0 Å². The Bertz CT molecular complexity index is 539. The number of aromatic nitrogens is 2. The van der Waals surface area contributed by atoms with E-state index in [4.69, 9.17) is 0 Å². The summed E-state index contributed by atoms with van der Waals surface area (Å²) in [6.07, 6.45) is 12.1. The summed E-state index contributed by atoms with van der Waals surface area (Å²) in [7, 11) is 0. The number of carbonyl (C=O) groups excluding carboxylic acids is 1. The van der Waals surface area contributed by atoms with Gasteiger partial charge in [-0.05, 0) is 29.9 Å². The fourth-order valence-corrected chi connectivity index (χ4v) is 4.20. The van der Waals surface area contributed by atoms with E-state index in [0.29, 0.717) is 13.0 Å². The third kappa shape index (κ3) is 4.67. The topological polar surface area (TPSA) is 46.9 Å². The minimum absolute atomic E-state index is 0.0867. The van der Waals surface area contributed by atoms with E-state index < -0.39 is 0 Å². The van der Waals surface area contributed by atoms with Crippen LogP contribution in [0, 0.1) is 5.92 Å². The van der Waals surface area contributed by atoms with Gasteiger partial charge in [0.25, 0.3) is 0 Å². The Morgan fingerprint density at radius 2 is 2.22 bits per heavy atom. The van der Waals surface area contributed by atoms with Crippen LogP contribution in [0.4, 0.5) is 0 Å². The summed E-state index contributed by atoms with van der Waals surface area (Å²) in [6, 6.07) is 6.15. The minimum Gasteiger partial charge on any atom is -0.354 e. The molecule has 1 saturated carbocycles. The standard InChI is InChI=1S/C18H25N3OS/c22-18(10-9-15-6-2-1-3-7-15)19-14-16(17-8-4-13-23-17)21-12-5-11-20-21/h4-5,8,11-13,15-16H,1-3,6-7,9-10,14H2,(H,19,22). The summed E-state index contributed by atoms with van der Waals surface area (Å²) >= 11 is 1.70. The number of nitrogens with one attached hydrogen (secondary N) is 1. The average Bonchev–Trinajstić information content (AvgIpc) is 3.28. The molecule has 2 aromatic rings. The number of nitrogens with zero attached hydrogens (tertiary/aromatic N) is 2. The third-order valence-electron chi connectivity index (χ3n) is 4.71. The average molecular weight is 331 g/mol. The van der Waals surface area contributed by atoms with Crippen LogP contribution < -0.4 is 5.32 Å². The van der Waals surface area contributed by atoms with Gasteiger partial charge in [-0.2, -0.15) is 5.10 Å². The summed E-state index contributed by atoms with van der Waals surface area (Å²) < 4.78 is 1.92. The maximum Gasteiger partial charge on any atom is 0.220 e. The highest BCUT2D eigenvalue weighted by atomic mass is 32.1. The van der Waals surface area contributed by atoms with Crippen molar-refractivity contribution in [2.75, 3.05) is 6.54 Å². The predicted molar refractivity (Wildman–Crippen MR) is 93.5 cm³/mol. The lowest BCUT2D eigenvalue weighted by Gasteiger charge is -2.21. The van der Waals surface area contributed by atoms with Crippen molar-refractivity contribution >= 4 is 17.2 Å². The highest BCUT2D eigenvalue weighted by Crippen LogP contribution is 2.27. The maximum atomic E-state index is 12.2. The molecular formula is C18H25N3OS. The fourth-order valence-electron chi connectivity index (χ4n) is 3.38. The second kappa shape index (κ2) is 8.29. The number of thiophene rings is 1. The van der Waals surface area contributed by atoms with Crippen LogP contribution in [-0.2, 0) is 4.79 Å². The first-order valence-electron chi connectivity index (χ1n) is 8.62. The van der Waals surface area contributed by atoms with Gasteiger partial charge in [-0.25, -0.2) is 0 Å². The van der Waals surface area contributed by atoms with E-state index in [9.17, 15) is 4.79 Å². The Morgan fingerprint density at radius 3 is 2.91 bits per heavy atom. The predicted octanol–water partition coefficient (Wildman–Crippen LogP) is 4.01. The number of carbonyl (C=O) groups is 1. The van der Waals surface area contributed by atoms with Crippen molar-refractivity contribution in [3.8, 4) is 0 Å². The van der Waals surface area contributed by atoms with E-state index in [1.165, 1.54) is 37.0 Å². The zero-order valence-electron chi connectivity index (χ0n) is 13.5. The van der Waals surface area contributed by atoms with Crippen LogP contribution in [0.2, 0.25) is 0 Å². The molecule has 2 heterocycles. The molecule has 1 fully saturated rings. The van der Waals surface area contributed by atoms with Crippen molar-refractivity contribution in [1.29, 1.82) is 0 Å². The summed E-state index contributed by atoms with van der Waals surface area (Å²) in [6.45, 7) is 0.603. The third-order valence-corrected chi connectivity index (χ3v) is 5.69. The lowest BCUT2D eigenvalue weighted by molar-refractivity contribution is -0.121. The molecule has 1 N–H and O–H groups in total. The van der Waals surface area contributed by atoms with Crippen LogP contribution in [0.1, 0.15) is 55.9 Å². The zero-order chi connectivity index (χ0) is 15.9. The van der Waals surface area contributed by atoms with Gasteiger partial charge in [0.2, 0.25) is 5.91 Å². The molecule has 1 amide bonds. The van der Waals surface area contributed by atoms with Gasteiger partial charge in [-0.3, -0.25) is 9.48 Å². The number of hydrogen-bond acceptors (Lipinski definition) is 3. The molecule has 0 saturated heterocycles. The molecule has 2 aromatic heterocycles. The highest BCUT2D eigenvalue weighted by molar-refractivity contribution is 7.10. The summed E-state index contributed by atoms with van der Waals surface area (Å²) in [5, 5.41) is 9.51. The second-order valence-corrected chi connectivity index (χ2v) is 7.34. The number of amides is 1. The largest absolute Gasteiger partial charge is 0.354 e. The molecule has 1 aliphatic carbocycles. The molecule has 23 heavy (non-hydrogen) atoms. The normalized spacial score (nSPS) is 17.0. The van der Waals surface area contributed by atoms with Crippen LogP contribution in [-0.4, -0.2) is 22.2 Å². The minimum atomic E-state index is 0.0867. The van der Waals surface area contributed by atoms with E-state index in [1.807, 2.05) is 23.0 Å². The Morgan fingerprint density at radius 1 is 1.35 bits per heavy atom. The first kappa shape index (κ1) is 16.2. The molecular weight excluding hydrogens is 306 g/mol. The van der Waals surface area contributed by atoms with Crippen LogP contribution >= 0.6 is 11.3 Å². The highest BCUT2D eigenvalue weighted by Gasteiger charge is 2.18. The molecule has 0 radical (unpaired) electrons. The smallest absolute Gasteiger partial charge is 0.220 e. The van der Waals surface area contributed by atoms with Crippen LogP contribution in [0.25, 0.3) is 0 Å². The lowest BCUT2D eigenvalue weighted by Crippen LogP contribution is -2.31. The first-order valence-corrected chi connectivity index (χ1v) is 9.50. The van der Waals surface area contributed by atoms with E-state index in [-0.39, 0.29) is 11.9 Å². The molecule has 1 atom stereocenters. The monoisotopic (exact) mass is 331 g/mol. The fraction of sp³-hybridized carbons (Fsp3) is 0.556. The lowest BCUT2D eigenvalue weighted by atomic mass is 9.86. The van der Waals surface area contributed by atoms with Gasteiger partial charge in [0.1, 0.15) is 6.04 Å². The summed E-state index contributed by atoms with van der Waals surface area (Å²) in [4.78, 5) is 13.4. The molecule has 1 aliphatic rings. The Kier molecular flexibility index (Phi) is 5.86. The van der Waals surface area contributed by atoms with E-state index in [0.717, 1.165) is 12.3 Å². The van der Waals surface area contributed by atoms with Crippen LogP contribution in [0.15, 0.2) is 36.0 Å². The van der Waals surface area contributed by atoms with Crippen molar-refractivity contribution in [3.63, 3.8) is 0 Å². The van der Waals surface area contributed by atoms with Gasteiger partial charge in [-0.1, -0.05) is 38.2 Å². The quantitative estimate of drug-likeness (QED) is 0.833. The van der Waals surface area contributed by atoms with Gasteiger partial charge in [0, 0.05) is 30.2 Å². The molecule has 124 valence electrons. The Balaban J connectivity index is 1.49. The van der Waals surface area contributed by atoms with Crippen molar-refractivity contribution in [2.24, 2.45) is 5.92 Å². The molecule has 4 nitrogen and oxygen atoms in total. The van der Waals surface area contributed by atoms with E-state index in [1.54, 1.807) is 17.5 Å². The first-order chi connectivity index (χ1) is 11.3. The molecule has 1 unspecified atom stereocenters. The maximum absolute atomic E-state index is 12.2. The van der Waals surface area contributed by atoms with Crippen molar-refractivity contribution < 1.29 is 4.79 Å². The van der Waals surface area contributed by atoms with Crippen LogP contribution in [0.5, 0.6) is 0 Å². The Labute approximate surface area is 141 Å². The van der Waals surface area contributed by atoms with E-state index in [2.05, 4.69) is 21.9 Å². The molecule has 3 rings (SSSR count). The number of rotatable bonds is 7. The SMILES string of the molecule is O=C(CCC1CCCCC1)NCC(c1cccs1)n1cccn1. The summed E-state index contributed by atoms with van der Waals surface area (Å²) in [5.41, 5.74) is 0. The zero-order valence-corrected chi connectivity index (χ0v) is 14.3. The van der Waals surface area contributed by atoms with Gasteiger partial charge in [0.15, 0.2) is 0 Å². The molecule has 0 spiro atoms. The number of hydrogen-bond donors (Lipinski definition) is 1. The molecule has 0 aromatic carbocycles. The van der Waals surface area contributed by atoms with Crippen LogP contribution in [0.3, 0.4) is 0 Å². The van der Waals surface area contributed by atoms with Gasteiger partial charge < -0.3 is 5.32 Å². The molecule has 0 bridgehead atoms. The van der Waals surface area contributed by atoms with Gasteiger partial charge in [-0.15, -0.1) is 11.3 Å². The Hall–Kier alpha value is -1.62. The van der Waals surface area contributed by atoms with Crippen molar-refractivity contribution in [3.05, 3.63) is 40.8 Å². The van der Waals surface area contributed by atoms with Crippen molar-refractivity contribution in [2.45, 2.75) is 51.0 Å². The van der Waals surface area contributed by atoms with Gasteiger partial charge >= 0.3 is 0 Å². The van der Waals surface area contributed by atoms with Gasteiger partial charge in [0.05, 0.1) is 0 Å². The van der Waals surface area contributed by atoms with Crippen molar-refractivity contribution in [1.82, 2.24) is 15.1 Å². The summed E-state index contributed by atoms with van der Waals surface area (Å²) in [5.74, 6) is 0.929. The molecule has 5 heteroatoms.